The van der Waals surface area contributed by atoms with E-state index in [2.05, 4.69) is 5.32 Å². The maximum absolute atomic E-state index is 12.0. The average molecular weight is 235 g/mol. The zero-order valence-electron chi connectivity index (χ0n) is 9.90. The molecule has 92 valence electrons. The molecule has 0 saturated heterocycles. The summed E-state index contributed by atoms with van der Waals surface area (Å²) in [5, 5.41) is 12.0. The first-order valence-corrected chi connectivity index (χ1v) is 5.70. The van der Waals surface area contributed by atoms with Gasteiger partial charge in [0.1, 0.15) is 0 Å². The molecule has 4 heteroatoms. The lowest BCUT2D eigenvalue weighted by molar-refractivity contribution is 0.0906. The highest BCUT2D eigenvalue weighted by Crippen LogP contribution is 2.34. The predicted octanol–water partition coefficient (Wildman–Crippen LogP) is 1.09. The number of hydrogen-bond acceptors (Lipinski definition) is 3. The topological polar surface area (TPSA) is 58.6 Å². The zero-order valence-corrected chi connectivity index (χ0v) is 9.90. The molecule has 0 spiro atoms. The number of carbonyl (C=O) groups excluding carboxylic acids is 1. The molecule has 0 unspecified atom stereocenters. The summed E-state index contributed by atoms with van der Waals surface area (Å²) in [6.07, 6.45) is 1.71. The van der Waals surface area contributed by atoms with Gasteiger partial charge in [-0.2, -0.15) is 0 Å². The fourth-order valence-electron chi connectivity index (χ4n) is 1.76. The van der Waals surface area contributed by atoms with Crippen LogP contribution in [0.5, 0.6) is 0 Å². The van der Waals surface area contributed by atoms with Crippen molar-refractivity contribution >= 4 is 5.91 Å². The minimum atomic E-state index is -0.367. The Labute approximate surface area is 101 Å². The van der Waals surface area contributed by atoms with E-state index < -0.39 is 0 Å². The van der Waals surface area contributed by atoms with Gasteiger partial charge in [-0.1, -0.05) is 12.1 Å². The summed E-state index contributed by atoms with van der Waals surface area (Å²) in [5.74, 6) is -0.130. The second kappa shape index (κ2) is 4.85. The minimum Gasteiger partial charge on any atom is -0.394 e. The van der Waals surface area contributed by atoms with Gasteiger partial charge >= 0.3 is 0 Å². The van der Waals surface area contributed by atoms with Crippen molar-refractivity contribution in [2.75, 3.05) is 13.7 Å². The van der Waals surface area contributed by atoms with Crippen LogP contribution in [0.15, 0.2) is 24.3 Å². The molecule has 0 heterocycles. The van der Waals surface area contributed by atoms with E-state index in [1.165, 1.54) is 0 Å². The Morgan fingerprint density at radius 2 is 2.29 bits per heavy atom. The standard InChI is InChI=1S/C13H17NO3/c1-17-8-10-3-2-4-11(7-10)12(16)14-13(9-15)5-6-13/h2-4,7,15H,5-6,8-9H2,1H3,(H,14,16). The van der Waals surface area contributed by atoms with E-state index in [9.17, 15) is 4.79 Å². The number of hydrogen-bond donors (Lipinski definition) is 2. The number of carbonyl (C=O) groups is 1. The second-order valence-electron chi connectivity index (χ2n) is 4.53. The molecular formula is C13H17NO3. The van der Waals surface area contributed by atoms with Gasteiger partial charge in [0.25, 0.3) is 5.91 Å². The Morgan fingerprint density at radius 3 is 2.88 bits per heavy atom. The van der Waals surface area contributed by atoms with Crippen LogP contribution < -0.4 is 5.32 Å². The molecule has 0 aromatic heterocycles. The minimum absolute atomic E-state index is 0.0104. The lowest BCUT2D eigenvalue weighted by Gasteiger charge is -2.14. The van der Waals surface area contributed by atoms with E-state index in [1.54, 1.807) is 13.2 Å². The number of ether oxygens (including phenoxy) is 1. The van der Waals surface area contributed by atoms with Crippen LogP contribution in [0.3, 0.4) is 0 Å². The monoisotopic (exact) mass is 235 g/mol. The summed E-state index contributed by atoms with van der Waals surface area (Å²) in [4.78, 5) is 12.0. The third kappa shape index (κ3) is 2.84. The summed E-state index contributed by atoms with van der Waals surface area (Å²) in [6, 6.07) is 7.33. The van der Waals surface area contributed by atoms with Crippen molar-refractivity contribution in [1.82, 2.24) is 5.32 Å². The summed E-state index contributed by atoms with van der Waals surface area (Å²) in [5.41, 5.74) is 1.21. The first-order valence-electron chi connectivity index (χ1n) is 5.70. The Kier molecular flexibility index (Phi) is 3.45. The van der Waals surface area contributed by atoms with Crippen LogP contribution in [0.25, 0.3) is 0 Å². The molecule has 17 heavy (non-hydrogen) atoms. The van der Waals surface area contributed by atoms with Crippen LogP contribution in [0.1, 0.15) is 28.8 Å². The molecular weight excluding hydrogens is 218 g/mol. The normalized spacial score (nSPS) is 16.6. The Balaban J connectivity index is 2.06. The molecule has 0 atom stereocenters. The number of rotatable bonds is 5. The number of nitrogens with one attached hydrogen (secondary N) is 1. The van der Waals surface area contributed by atoms with Crippen LogP contribution >= 0.6 is 0 Å². The van der Waals surface area contributed by atoms with Gasteiger partial charge in [-0.15, -0.1) is 0 Å². The van der Waals surface area contributed by atoms with Crippen LogP contribution in [0.4, 0.5) is 0 Å². The van der Waals surface area contributed by atoms with E-state index in [-0.39, 0.29) is 18.1 Å². The van der Waals surface area contributed by atoms with Gasteiger partial charge in [-0.25, -0.2) is 0 Å². The molecule has 1 fully saturated rings. The van der Waals surface area contributed by atoms with Crippen molar-refractivity contribution in [2.45, 2.75) is 25.0 Å². The molecule has 0 aliphatic heterocycles. The maximum Gasteiger partial charge on any atom is 0.251 e. The van der Waals surface area contributed by atoms with Crippen LogP contribution in [0, 0.1) is 0 Å². The number of aliphatic hydroxyl groups is 1. The average Bonchev–Trinajstić information content (AvgIpc) is 3.10. The van der Waals surface area contributed by atoms with Crippen LogP contribution in [-0.4, -0.2) is 30.3 Å². The molecule has 1 aliphatic rings. The summed E-state index contributed by atoms with van der Waals surface area (Å²) in [6.45, 7) is 0.503. The van der Waals surface area contributed by atoms with Gasteiger partial charge in [0.05, 0.1) is 18.8 Å². The van der Waals surface area contributed by atoms with Crippen LogP contribution in [0.2, 0.25) is 0 Å². The fraction of sp³-hybridized carbons (Fsp3) is 0.462. The summed E-state index contributed by atoms with van der Waals surface area (Å²) >= 11 is 0. The van der Waals surface area contributed by atoms with Crippen LogP contribution in [-0.2, 0) is 11.3 Å². The van der Waals surface area contributed by atoms with Gasteiger partial charge in [0.15, 0.2) is 0 Å². The lowest BCUT2D eigenvalue weighted by atomic mass is 10.1. The molecule has 2 rings (SSSR count). The Morgan fingerprint density at radius 1 is 1.53 bits per heavy atom. The van der Waals surface area contributed by atoms with Crippen molar-refractivity contribution in [1.29, 1.82) is 0 Å². The highest BCUT2D eigenvalue weighted by molar-refractivity contribution is 5.95. The largest absolute Gasteiger partial charge is 0.394 e. The third-order valence-corrected chi connectivity index (χ3v) is 3.04. The molecule has 4 nitrogen and oxygen atoms in total. The number of benzene rings is 1. The molecule has 1 amide bonds. The van der Waals surface area contributed by atoms with E-state index in [4.69, 9.17) is 9.84 Å². The number of amides is 1. The fourth-order valence-corrected chi connectivity index (χ4v) is 1.76. The Hall–Kier alpha value is -1.39. The van der Waals surface area contributed by atoms with E-state index in [0.29, 0.717) is 12.2 Å². The molecule has 1 saturated carbocycles. The van der Waals surface area contributed by atoms with E-state index in [0.717, 1.165) is 18.4 Å². The molecule has 2 N–H and O–H groups in total. The molecule has 1 aromatic carbocycles. The van der Waals surface area contributed by atoms with E-state index >= 15 is 0 Å². The lowest BCUT2D eigenvalue weighted by Crippen LogP contribution is -2.39. The van der Waals surface area contributed by atoms with Gasteiger partial charge in [-0.3, -0.25) is 4.79 Å². The van der Waals surface area contributed by atoms with Crippen molar-refractivity contribution < 1.29 is 14.6 Å². The predicted molar refractivity (Wildman–Crippen MR) is 63.7 cm³/mol. The van der Waals surface area contributed by atoms with Gasteiger partial charge < -0.3 is 15.2 Å². The van der Waals surface area contributed by atoms with Crippen molar-refractivity contribution in [2.24, 2.45) is 0 Å². The summed E-state index contributed by atoms with van der Waals surface area (Å²) in [7, 11) is 1.62. The smallest absolute Gasteiger partial charge is 0.251 e. The molecule has 1 aromatic rings. The summed E-state index contributed by atoms with van der Waals surface area (Å²) < 4.78 is 5.03. The molecule has 0 bridgehead atoms. The third-order valence-electron chi connectivity index (χ3n) is 3.04. The highest BCUT2D eigenvalue weighted by atomic mass is 16.5. The van der Waals surface area contributed by atoms with Gasteiger partial charge in [0.2, 0.25) is 0 Å². The zero-order chi connectivity index (χ0) is 12.3. The number of methoxy groups -OCH3 is 1. The van der Waals surface area contributed by atoms with Gasteiger partial charge in [0, 0.05) is 12.7 Å². The van der Waals surface area contributed by atoms with Gasteiger partial charge in [-0.05, 0) is 30.5 Å². The maximum atomic E-state index is 12.0. The SMILES string of the molecule is COCc1cccc(C(=O)NC2(CO)CC2)c1. The Bertz CT molecular complexity index is 413. The van der Waals surface area contributed by atoms with Crippen molar-refractivity contribution in [3.05, 3.63) is 35.4 Å². The van der Waals surface area contributed by atoms with Crippen molar-refractivity contribution in [3.8, 4) is 0 Å². The quantitative estimate of drug-likeness (QED) is 0.803. The first-order chi connectivity index (χ1) is 8.19. The molecule has 1 aliphatic carbocycles. The highest BCUT2D eigenvalue weighted by Gasteiger charge is 2.43. The first kappa shape index (κ1) is 12.1. The van der Waals surface area contributed by atoms with Crippen molar-refractivity contribution in [3.63, 3.8) is 0 Å². The number of aliphatic hydroxyl groups excluding tert-OH is 1. The molecule has 0 radical (unpaired) electrons. The van der Waals surface area contributed by atoms with E-state index in [1.807, 2.05) is 18.2 Å². The second-order valence-corrected chi connectivity index (χ2v) is 4.53.